The third kappa shape index (κ3) is 4.77. The Morgan fingerprint density at radius 3 is 1.85 bits per heavy atom. The van der Waals surface area contributed by atoms with Gasteiger partial charge < -0.3 is 4.74 Å². The normalized spacial score (nSPS) is 35.5. The van der Waals surface area contributed by atoms with E-state index in [0.29, 0.717) is 12.0 Å². The monoisotopic (exact) mass is 277 g/mol. The van der Waals surface area contributed by atoms with Crippen molar-refractivity contribution in [2.45, 2.75) is 78.2 Å². The lowest BCUT2D eigenvalue weighted by Crippen LogP contribution is -2.30. The summed E-state index contributed by atoms with van der Waals surface area (Å²) in [6.45, 7) is 7.61. The predicted molar refractivity (Wildman–Crippen MR) is 82.2 cm³/mol. The molecular weight excluding hydrogens is 246 g/mol. The highest BCUT2D eigenvalue weighted by molar-refractivity contribution is 4.89. The van der Waals surface area contributed by atoms with Gasteiger partial charge in [-0.15, -0.1) is 0 Å². The van der Waals surface area contributed by atoms with Crippen LogP contribution in [0.15, 0.2) is 0 Å². The summed E-state index contributed by atoms with van der Waals surface area (Å²) in [4.78, 5) is 0. The molecule has 114 valence electrons. The van der Waals surface area contributed by atoms with Gasteiger partial charge in [0.2, 0.25) is 0 Å². The van der Waals surface area contributed by atoms with Crippen LogP contribution in [0.3, 0.4) is 0 Å². The number of hydrogen-bond acceptors (Lipinski definition) is 2. The number of hydrogen-bond donors (Lipinski definition) is 0. The van der Waals surface area contributed by atoms with E-state index in [1.54, 1.807) is 0 Å². The molecule has 0 spiro atoms. The molecule has 0 saturated heterocycles. The van der Waals surface area contributed by atoms with Crippen molar-refractivity contribution in [2.75, 3.05) is 6.61 Å². The highest BCUT2D eigenvalue weighted by Gasteiger charge is 2.31. The zero-order valence-electron chi connectivity index (χ0n) is 13.5. The van der Waals surface area contributed by atoms with E-state index in [9.17, 15) is 0 Å². The van der Waals surface area contributed by atoms with Crippen LogP contribution >= 0.6 is 0 Å². The summed E-state index contributed by atoms with van der Waals surface area (Å²) in [6.07, 6.45) is 10.5. The summed E-state index contributed by atoms with van der Waals surface area (Å²) < 4.78 is 6.07. The Bertz CT molecular complexity index is 322. The zero-order chi connectivity index (χ0) is 14.6. The van der Waals surface area contributed by atoms with Crippen LogP contribution in [0.2, 0.25) is 0 Å². The third-order valence-corrected chi connectivity index (χ3v) is 5.09. The molecule has 2 fully saturated rings. The molecular formula is C18H31NO. The van der Waals surface area contributed by atoms with Crippen LogP contribution in [-0.2, 0) is 4.74 Å². The first-order chi connectivity index (χ1) is 9.48. The Labute approximate surface area is 124 Å². The van der Waals surface area contributed by atoms with E-state index < -0.39 is 0 Å². The molecule has 0 aromatic carbocycles. The number of rotatable bonds is 3. The van der Waals surface area contributed by atoms with Crippen LogP contribution in [0.5, 0.6) is 0 Å². The smallest absolute Gasteiger partial charge is 0.0655 e. The van der Waals surface area contributed by atoms with Gasteiger partial charge in [0, 0.05) is 5.92 Å². The van der Waals surface area contributed by atoms with Crippen molar-refractivity contribution in [1.29, 1.82) is 5.26 Å². The predicted octanol–water partition coefficient (Wildman–Crippen LogP) is 4.94. The molecule has 0 aromatic rings. The first kappa shape index (κ1) is 15.8. The minimum absolute atomic E-state index is 0.284. The molecule has 0 radical (unpaired) electrons. The number of ether oxygens (including phenoxy) is 1. The summed E-state index contributed by atoms with van der Waals surface area (Å²) in [7, 11) is 0. The molecule has 20 heavy (non-hydrogen) atoms. The van der Waals surface area contributed by atoms with Gasteiger partial charge >= 0.3 is 0 Å². The summed E-state index contributed by atoms with van der Waals surface area (Å²) in [5.74, 6) is 2.14. The minimum atomic E-state index is 0.284. The average molecular weight is 277 g/mol. The quantitative estimate of drug-likeness (QED) is 0.732. The van der Waals surface area contributed by atoms with Gasteiger partial charge in [0.05, 0.1) is 18.8 Å². The van der Waals surface area contributed by atoms with E-state index >= 15 is 0 Å². The van der Waals surface area contributed by atoms with Crippen LogP contribution in [0.25, 0.3) is 0 Å². The number of nitrogens with zero attached hydrogens (tertiary/aromatic N) is 1. The van der Waals surface area contributed by atoms with Crippen LogP contribution in [-0.4, -0.2) is 12.7 Å². The van der Waals surface area contributed by atoms with Crippen molar-refractivity contribution >= 4 is 0 Å². The van der Waals surface area contributed by atoms with E-state index in [4.69, 9.17) is 10.00 Å². The molecule has 2 saturated carbocycles. The van der Waals surface area contributed by atoms with Crippen LogP contribution in [0.1, 0.15) is 72.1 Å². The van der Waals surface area contributed by atoms with Crippen molar-refractivity contribution < 1.29 is 4.74 Å². The SMILES string of the molecule is CC(C)(C)COC1CCC(C2CCC(C#N)CC2)CC1. The molecule has 0 atom stereocenters. The number of nitriles is 1. The van der Waals surface area contributed by atoms with Crippen molar-refractivity contribution in [1.82, 2.24) is 0 Å². The fourth-order valence-electron chi connectivity index (χ4n) is 3.81. The Morgan fingerprint density at radius 2 is 1.40 bits per heavy atom. The lowest BCUT2D eigenvalue weighted by atomic mass is 9.71. The molecule has 0 heterocycles. The second kappa shape index (κ2) is 6.94. The Balaban J connectivity index is 1.68. The molecule has 2 nitrogen and oxygen atoms in total. The Kier molecular flexibility index (Phi) is 5.49. The van der Waals surface area contributed by atoms with E-state index in [0.717, 1.165) is 31.3 Å². The molecule has 2 heteroatoms. The minimum Gasteiger partial charge on any atom is -0.378 e. The maximum absolute atomic E-state index is 8.98. The fourth-order valence-corrected chi connectivity index (χ4v) is 3.81. The third-order valence-electron chi connectivity index (χ3n) is 5.09. The van der Waals surface area contributed by atoms with Gasteiger partial charge in [0.25, 0.3) is 0 Å². The zero-order valence-corrected chi connectivity index (χ0v) is 13.5. The molecule has 0 N–H and O–H groups in total. The van der Waals surface area contributed by atoms with Gasteiger partial charge in [-0.25, -0.2) is 0 Å². The fraction of sp³-hybridized carbons (Fsp3) is 0.944. The topological polar surface area (TPSA) is 33.0 Å². The van der Waals surface area contributed by atoms with E-state index in [1.165, 1.54) is 38.5 Å². The molecule has 0 unspecified atom stereocenters. The molecule has 2 rings (SSSR count). The molecule has 2 aliphatic carbocycles. The molecule has 0 aromatic heterocycles. The molecule has 0 bridgehead atoms. The standard InChI is InChI=1S/C18H31NO/c1-18(2,3)13-20-17-10-8-16(9-11-17)15-6-4-14(12-19)5-7-15/h14-17H,4-11,13H2,1-3H3. The van der Waals surface area contributed by atoms with Crippen LogP contribution < -0.4 is 0 Å². The Hall–Kier alpha value is -0.550. The maximum Gasteiger partial charge on any atom is 0.0655 e. The first-order valence-corrected chi connectivity index (χ1v) is 8.49. The summed E-state index contributed by atoms with van der Waals surface area (Å²) in [5.41, 5.74) is 0.284. The largest absolute Gasteiger partial charge is 0.378 e. The summed E-state index contributed by atoms with van der Waals surface area (Å²) >= 11 is 0. The van der Waals surface area contributed by atoms with Gasteiger partial charge in [-0.1, -0.05) is 20.8 Å². The lowest BCUT2D eigenvalue weighted by molar-refractivity contribution is -0.0235. The van der Waals surface area contributed by atoms with Gasteiger partial charge in [0.15, 0.2) is 0 Å². The van der Waals surface area contributed by atoms with Gasteiger partial charge in [0.1, 0.15) is 0 Å². The highest BCUT2D eigenvalue weighted by atomic mass is 16.5. The highest BCUT2D eigenvalue weighted by Crippen LogP contribution is 2.40. The van der Waals surface area contributed by atoms with Gasteiger partial charge in [-0.2, -0.15) is 5.26 Å². The van der Waals surface area contributed by atoms with Crippen LogP contribution in [0.4, 0.5) is 0 Å². The maximum atomic E-state index is 8.98. The van der Waals surface area contributed by atoms with Gasteiger partial charge in [-0.3, -0.25) is 0 Å². The molecule has 0 amide bonds. The first-order valence-electron chi connectivity index (χ1n) is 8.49. The molecule has 0 aliphatic heterocycles. The van der Waals surface area contributed by atoms with Crippen molar-refractivity contribution in [3.8, 4) is 6.07 Å². The lowest BCUT2D eigenvalue weighted by Gasteiger charge is -2.37. The average Bonchev–Trinajstić information content (AvgIpc) is 2.45. The molecule has 2 aliphatic rings. The van der Waals surface area contributed by atoms with Crippen molar-refractivity contribution in [3.05, 3.63) is 0 Å². The van der Waals surface area contributed by atoms with Gasteiger partial charge in [-0.05, 0) is 68.6 Å². The van der Waals surface area contributed by atoms with Crippen molar-refractivity contribution in [3.63, 3.8) is 0 Å². The second-order valence-electron chi connectivity index (χ2n) is 8.15. The van der Waals surface area contributed by atoms with E-state index in [2.05, 4.69) is 26.8 Å². The second-order valence-corrected chi connectivity index (χ2v) is 8.15. The Morgan fingerprint density at radius 1 is 0.900 bits per heavy atom. The van der Waals surface area contributed by atoms with Crippen molar-refractivity contribution in [2.24, 2.45) is 23.2 Å². The van der Waals surface area contributed by atoms with Crippen LogP contribution in [0, 0.1) is 34.5 Å². The van der Waals surface area contributed by atoms with E-state index in [1.807, 2.05) is 0 Å². The summed E-state index contributed by atoms with van der Waals surface area (Å²) in [5, 5.41) is 8.98. The van der Waals surface area contributed by atoms with E-state index in [-0.39, 0.29) is 5.41 Å². The summed E-state index contributed by atoms with van der Waals surface area (Å²) in [6, 6.07) is 2.45.